The molecule has 0 radical (unpaired) electrons. The molecule has 0 aliphatic heterocycles. The Bertz CT molecular complexity index is 284. The summed E-state index contributed by atoms with van der Waals surface area (Å²) >= 11 is 3.72. The first-order valence-corrected chi connectivity index (χ1v) is 5.66. The van der Waals surface area contributed by atoms with E-state index in [1.54, 1.807) is 6.33 Å². The van der Waals surface area contributed by atoms with Crippen molar-refractivity contribution in [3.8, 4) is 0 Å². The highest BCUT2D eigenvalue weighted by Gasteiger charge is 2.26. The number of aromatic nitrogens is 3. The maximum Gasteiger partial charge on any atom is 0.138 e. The average Bonchev–Trinajstić information content (AvgIpc) is 2.65. The summed E-state index contributed by atoms with van der Waals surface area (Å²) in [4.78, 5) is 4.93. The fourth-order valence-electron chi connectivity index (χ4n) is 1.96. The molecule has 0 saturated heterocycles. The van der Waals surface area contributed by atoms with Gasteiger partial charge in [0.25, 0.3) is 0 Å². The first-order chi connectivity index (χ1) is 6.27. The van der Waals surface area contributed by atoms with Crippen LogP contribution in [0.2, 0.25) is 0 Å². The van der Waals surface area contributed by atoms with Gasteiger partial charge in [-0.05, 0) is 18.8 Å². The summed E-state index contributed by atoms with van der Waals surface area (Å²) in [5.41, 5.74) is 0. The van der Waals surface area contributed by atoms with E-state index in [4.69, 9.17) is 0 Å². The van der Waals surface area contributed by atoms with E-state index in [0.29, 0.717) is 4.83 Å². The molecule has 1 aliphatic rings. The molecule has 0 spiro atoms. The van der Waals surface area contributed by atoms with Crippen LogP contribution in [0.4, 0.5) is 0 Å². The van der Waals surface area contributed by atoms with Crippen molar-refractivity contribution >= 4 is 15.9 Å². The molecule has 3 nitrogen and oxygen atoms in total. The smallest absolute Gasteiger partial charge is 0.138 e. The van der Waals surface area contributed by atoms with E-state index < -0.39 is 0 Å². The summed E-state index contributed by atoms with van der Waals surface area (Å²) in [5, 5.41) is 4.07. The lowest BCUT2D eigenvalue weighted by Crippen LogP contribution is -2.13. The van der Waals surface area contributed by atoms with Gasteiger partial charge in [0.15, 0.2) is 0 Å². The Kier molecular flexibility index (Phi) is 2.67. The summed E-state index contributed by atoms with van der Waals surface area (Å²) in [7, 11) is 1.96. The lowest BCUT2D eigenvalue weighted by molar-refractivity contribution is 0.526. The number of nitrogens with zero attached hydrogens (tertiary/aromatic N) is 3. The van der Waals surface area contributed by atoms with E-state index >= 15 is 0 Å². The van der Waals surface area contributed by atoms with Crippen LogP contribution in [0.15, 0.2) is 6.33 Å². The minimum Gasteiger partial charge on any atom is -0.253 e. The largest absolute Gasteiger partial charge is 0.253 e. The van der Waals surface area contributed by atoms with Crippen molar-refractivity contribution < 1.29 is 0 Å². The maximum absolute atomic E-state index is 4.24. The molecule has 1 aromatic rings. The summed E-state index contributed by atoms with van der Waals surface area (Å²) in [6.45, 7) is 0. The molecule has 72 valence electrons. The molecule has 4 heteroatoms. The van der Waals surface area contributed by atoms with E-state index in [1.807, 2.05) is 11.7 Å². The van der Waals surface area contributed by atoms with Crippen LogP contribution in [0.5, 0.6) is 0 Å². The number of aryl methyl sites for hydroxylation is 1. The summed E-state index contributed by atoms with van der Waals surface area (Å²) < 4.78 is 1.87. The van der Waals surface area contributed by atoms with E-state index in [1.165, 1.54) is 19.3 Å². The third kappa shape index (κ3) is 1.93. The zero-order valence-electron chi connectivity index (χ0n) is 7.78. The van der Waals surface area contributed by atoms with E-state index in [-0.39, 0.29) is 0 Å². The van der Waals surface area contributed by atoms with Crippen LogP contribution in [-0.2, 0) is 13.5 Å². The summed E-state index contributed by atoms with van der Waals surface area (Å²) in [5.74, 6) is 1.86. The van der Waals surface area contributed by atoms with Gasteiger partial charge in [-0.3, -0.25) is 4.68 Å². The molecule has 2 unspecified atom stereocenters. The Balaban J connectivity index is 2.01. The Labute approximate surface area is 86.7 Å². The number of rotatable bonds is 2. The highest BCUT2D eigenvalue weighted by Crippen LogP contribution is 2.33. The zero-order valence-corrected chi connectivity index (χ0v) is 9.37. The minimum absolute atomic E-state index is 0.684. The molecule has 13 heavy (non-hydrogen) atoms. The van der Waals surface area contributed by atoms with Gasteiger partial charge >= 0.3 is 0 Å². The second kappa shape index (κ2) is 3.78. The number of alkyl halides is 1. The average molecular weight is 244 g/mol. The van der Waals surface area contributed by atoms with Gasteiger partial charge in [-0.25, -0.2) is 4.98 Å². The normalized spacial score (nSPS) is 28.2. The SMILES string of the molecule is Cn1ncnc1CC1CCCC1Br. The van der Waals surface area contributed by atoms with Crippen molar-refractivity contribution in [2.24, 2.45) is 13.0 Å². The van der Waals surface area contributed by atoms with Crippen LogP contribution in [0, 0.1) is 5.92 Å². The summed E-state index contributed by atoms with van der Waals surface area (Å²) in [6.07, 6.45) is 6.67. The Morgan fingerprint density at radius 1 is 1.62 bits per heavy atom. The second-order valence-corrected chi connectivity index (χ2v) is 4.89. The second-order valence-electron chi connectivity index (χ2n) is 3.71. The van der Waals surface area contributed by atoms with Crippen molar-refractivity contribution in [1.29, 1.82) is 0 Å². The predicted molar refractivity (Wildman–Crippen MR) is 54.8 cm³/mol. The molecule has 1 aliphatic carbocycles. The maximum atomic E-state index is 4.24. The first-order valence-electron chi connectivity index (χ1n) is 4.74. The molecule has 1 fully saturated rings. The highest BCUT2D eigenvalue weighted by atomic mass is 79.9. The van der Waals surface area contributed by atoms with Gasteiger partial charge in [0.1, 0.15) is 12.2 Å². The van der Waals surface area contributed by atoms with Crippen molar-refractivity contribution in [2.45, 2.75) is 30.5 Å². The van der Waals surface area contributed by atoms with E-state index in [9.17, 15) is 0 Å². The van der Waals surface area contributed by atoms with Gasteiger partial charge in [-0.15, -0.1) is 0 Å². The molecular formula is C9H14BrN3. The van der Waals surface area contributed by atoms with Crippen LogP contribution in [0.1, 0.15) is 25.1 Å². The number of hydrogen-bond acceptors (Lipinski definition) is 2. The van der Waals surface area contributed by atoms with Crippen molar-refractivity contribution in [1.82, 2.24) is 14.8 Å². The Morgan fingerprint density at radius 2 is 2.46 bits per heavy atom. The van der Waals surface area contributed by atoms with Gasteiger partial charge in [-0.1, -0.05) is 22.4 Å². The quantitative estimate of drug-likeness (QED) is 0.744. The lowest BCUT2D eigenvalue weighted by atomic mass is 10.0. The summed E-state index contributed by atoms with van der Waals surface area (Å²) in [6, 6.07) is 0. The van der Waals surface area contributed by atoms with Crippen LogP contribution in [0.3, 0.4) is 0 Å². The zero-order chi connectivity index (χ0) is 9.26. The first kappa shape index (κ1) is 9.19. The molecule has 1 aromatic heterocycles. The van der Waals surface area contributed by atoms with Gasteiger partial charge in [0, 0.05) is 18.3 Å². The topological polar surface area (TPSA) is 30.7 Å². The minimum atomic E-state index is 0.684. The van der Waals surface area contributed by atoms with Gasteiger partial charge in [0.05, 0.1) is 0 Å². The van der Waals surface area contributed by atoms with Crippen LogP contribution in [-0.4, -0.2) is 19.6 Å². The van der Waals surface area contributed by atoms with Crippen molar-refractivity contribution in [3.05, 3.63) is 12.2 Å². The fraction of sp³-hybridized carbons (Fsp3) is 0.778. The predicted octanol–water partition coefficient (Wildman–Crippen LogP) is 1.92. The van der Waals surface area contributed by atoms with Crippen molar-refractivity contribution in [2.75, 3.05) is 0 Å². The molecule has 2 rings (SSSR count). The Hall–Kier alpha value is -0.380. The molecule has 0 aromatic carbocycles. The highest BCUT2D eigenvalue weighted by molar-refractivity contribution is 9.09. The van der Waals surface area contributed by atoms with Crippen molar-refractivity contribution in [3.63, 3.8) is 0 Å². The van der Waals surface area contributed by atoms with E-state index in [2.05, 4.69) is 26.0 Å². The molecule has 2 atom stereocenters. The monoisotopic (exact) mass is 243 g/mol. The third-order valence-electron chi connectivity index (χ3n) is 2.82. The van der Waals surface area contributed by atoms with Crippen LogP contribution < -0.4 is 0 Å². The molecule has 1 saturated carbocycles. The lowest BCUT2D eigenvalue weighted by Gasteiger charge is -2.12. The number of halogens is 1. The third-order valence-corrected chi connectivity index (χ3v) is 4.02. The fourth-order valence-corrected chi connectivity index (χ4v) is 2.74. The van der Waals surface area contributed by atoms with E-state index in [0.717, 1.165) is 18.2 Å². The Morgan fingerprint density at radius 3 is 3.00 bits per heavy atom. The molecule has 1 heterocycles. The van der Waals surface area contributed by atoms with Crippen LogP contribution in [0.25, 0.3) is 0 Å². The molecular weight excluding hydrogens is 230 g/mol. The van der Waals surface area contributed by atoms with Crippen LogP contribution >= 0.6 is 15.9 Å². The van der Waals surface area contributed by atoms with Gasteiger partial charge < -0.3 is 0 Å². The molecule has 0 amide bonds. The van der Waals surface area contributed by atoms with Gasteiger partial charge in [-0.2, -0.15) is 5.10 Å². The van der Waals surface area contributed by atoms with Gasteiger partial charge in [0.2, 0.25) is 0 Å². The number of hydrogen-bond donors (Lipinski definition) is 0. The molecule has 0 N–H and O–H groups in total. The molecule has 0 bridgehead atoms. The standard InChI is InChI=1S/C9H14BrN3/c1-13-9(11-6-12-13)5-7-3-2-4-8(7)10/h6-8H,2-5H2,1H3.